The van der Waals surface area contributed by atoms with Gasteiger partial charge in [0, 0.05) is 19.2 Å². The summed E-state index contributed by atoms with van der Waals surface area (Å²) in [5.41, 5.74) is 6.61. The van der Waals surface area contributed by atoms with E-state index in [0.717, 1.165) is 5.56 Å². The lowest BCUT2D eigenvalue weighted by Gasteiger charge is -2.20. The monoisotopic (exact) mass is 310 g/mol. The van der Waals surface area contributed by atoms with Crippen molar-refractivity contribution in [2.24, 2.45) is 5.73 Å². The molecule has 0 spiro atoms. The molecule has 20 heavy (non-hydrogen) atoms. The van der Waals surface area contributed by atoms with Crippen LogP contribution in [0, 0.1) is 0 Å². The predicted octanol–water partition coefficient (Wildman–Crippen LogP) is 2.52. The molecule has 0 aliphatic carbocycles. The Hall–Kier alpha value is -1.85. The van der Waals surface area contributed by atoms with Gasteiger partial charge in [-0.05, 0) is 23.2 Å². The number of hydrogen-bond acceptors (Lipinski definition) is 4. The molecule has 2 aromatic rings. The quantitative estimate of drug-likeness (QED) is 0.881. The topological polar surface area (TPSA) is 72.1 Å². The third-order valence-corrected chi connectivity index (χ3v) is 3.20. The van der Waals surface area contributed by atoms with Crippen LogP contribution in [0.15, 0.2) is 30.5 Å². The molecule has 0 saturated carbocycles. The van der Waals surface area contributed by atoms with Crippen LogP contribution in [0.2, 0.25) is 10.3 Å². The van der Waals surface area contributed by atoms with E-state index in [-0.39, 0.29) is 5.28 Å². The third-order valence-electron chi connectivity index (χ3n) is 2.75. The number of benzene rings is 1. The van der Waals surface area contributed by atoms with Gasteiger partial charge in [-0.1, -0.05) is 29.8 Å². The lowest BCUT2D eigenvalue weighted by Crippen LogP contribution is -2.22. The lowest BCUT2D eigenvalue weighted by molar-refractivity contribution is 0.0999. The highest BCUT2D eigenvalue weighted by Crippen LogP contribution is 2.24. The van der Waals surface area contributed by atoms with Gasteiger partial charge in [0.25, 0.3) is 0 Å². The molecule has 0 bridgehead atoms. The van der Waals surface area contributed by atoms with Gasteiger partial charge in [-0.15, -0.1) is 0 Å². The number of amides is 1. The summed E-state index contributed by atoms with van der Waals surface area (Å²) >= 11 is 11.8. The molecule has 0 fully saturated rings. The molecule has 1 aromatic carbocycles. The van der Waals surface area contributed by atoms with Gasteiger partial charge in [0.15, 0.2) is 5.82 Å². The van der Waals surface area contributed by atoms with E-state index >= 15 is 0 Å². The Kier molecular flexibility index (Phi) is 4.42. The van der Waals surface area contributed by atoms with Gasteiger partial charge in [-0.3, -0.25) is 4.79 Å². The highest BCUT2D eigenvalue weighted by atomic mass is 35.5. The zero-order valence-electron chi connectivity index (χ0n) is 10.7. The first-order valence-corrected chi connectivity index (χ1v) is 6.51. The highest BCUT2D eigenvalue weighted by molar-refractivity contribution is 6.33. The van der Waals surface area contributed by atoms with Gasteiger partial charge in [-0.2, -0.15) is 4.98 Å². The van der Waals surface area contributed by atoms with Crippen molar-refractivity contribution < 1.29 is 4.79 Å². The van der Waals surface area contributed by atoms with E-state index < -0.39 is 5.91 Å². The summed E-state index contributed by atoms with van der Waals surface area (Å²) in [5.74, 6) is 0.0201. The van der Waals surface area contributed by atoms with E-state index in [2.05, 4.69) is 9.97 Å². The minimum Gasteiger partial charge on any atom is -0.366 e. The van der Waals surface area contributed by atoms with Gasteiger partial charge in [0.05, 0.1) is 6.20 Å². The molecule has 104 valence electrons. The standard InChI is InChI=1S/C13H12Cl2N4O/c1-19(12-10(14)6-17-13(15)18-12)7-8-4-2-3-5-9(8)11(16)20/h2-6H,7H2,1H3,(H2,16,20). The molecular formula is C13H12Cl2N4O. The van der Waals surface area contributed by atoms with Crippen LogP contribution >= 0.6 is 23.2 Å². The van der Waals surface area contributed by atoms with Crippen LogP contribution in [0.25, 0.3) is 0 Å². The van der Waals surface area contributed by atoms with Gasteiger partial charge < -0.3 is 10.6 Å². The number of anilines is 1. The Morgan fingerprint density at radius 1 is 1.35 bits per heavy atom. The van der Waals surface area contributed by atoms with Crippen LogP contribution in [0.3, 0.4) is 0 Å². The minimum absolute atomic E-state index is 0.111. The van der Waals surface area contributed by atoms with Crippen LogP contribution in [-0.4, -0.2) is 22.9 Å². The Bertz CT molecular complexity index is 648. The summed E-state index contributed by atoms with van der Waals surface area (Å²) in [7, 11) is 1.79. The molecule has 1 amide bonds. The second-order valence-electron chi connectivity index (χ2n) is 4.19. The van der Waals surface area contributed by atoms with E-state index in [1.807, 2.05) is 12.1 Å². The van der Waals surface area contributed by atoms with Crippen molar-refractivity contribution in [2.45, 2.75) is 6.54 Å². The number of hydrogen-bond donors (Lipinski definition) is 1. The molecule has 0 unspecified atom stereocenters. The molecular weight excluding hydrogens is 299 g/mol. The van der Waals surface area contributed by atoms with E-state index in [1.54, 1.807) is 24.1 Å². The lowest BCUT2D eigenvalue weighted by atomic mass is 10.1. The fraction of sp³-hybridized carbons (Fsp3) is 0.154. The van der Waals surface area contributed by atoms with Gasteiger partial charge in [0.1, 0.15) is 5.02 Å². The smallest absolute Gasteiger partial charge is 0.249 e. The maximum Gasteiger partial charge on any atom is 0.249 e. The van der Waals surface area contributed by atoms with Gasteiger partial charge >= 0.3 is 0 Å². The number of rotatable bonds is 4. The molecule has 0 saturated heterocycles. The number of carbonyl (C=O) groups excluding carboxylic acids is 1. The Morgan fingerprint density at radius 3 is 2.75 bits per heavy atom. The number of carbonyl (C=O) groups is 1. The normalized spacial score (nSPS) is 10.3. The van der Waals surface area contributed by atoms with Gasteiger partial charge in [0.2, 0.25) is 11.2 Å². The van der Waals surface area contributed by atoms with Crippen molar-refractivity contribution in [3.63, 3.8) is 0 Å². The van der Waals surface area contributed by atoms with E-state index in [1.165, 1.54) is 6.20 Å². The van der Waals surface area contributed by atoms with Crippen molar-refractivity contribution in [1.82, 2.24) is 9.97 Å². The molecule has 2 N–H and O–H groups in total. The second kappa shape index (κ2) is 6.07. The van der Waals surface area contributed by atoms with Gasteiger partial charge in [-0.25, -0.2) is 4.98 Å². The first-order chi connectivity index (χ1) is 9.49. The predicted molar refractivity (Wildman–Crippen MR) is 79.1 cm³/mol. The largest absolute Gasteiger partial charge is 0.366 e. The van der Waals surface area contributed by atoms with Crippen molar-refractivity contribution in [3.8, 4) is 0 Å². The summed E-state index contributed by atoms with van der Waals surface area (Å²) in [5, 5.41) is 0.493. The average Bonchev–Trinajstić information content (AvgIpc) is 2.41. The van der Waals surface area contributed by atoms with Crippen LogP contribution in [0.4, 0.5) is 5.82 Å². The van der Waals surface area contributed by atoms with Crippen molar-refractivity contribution in [1.29, 1.82) is 0 Å². The van der Waals surface area contributed by atoms with Crippen LogP contribution < -0.4 is 10.6 Å². The Labute approximate surface area is 126 Å². The number of halogens is 2. The molecule has 7 heteroatoms. The first kappa shape index (κ1) is 14.6. The number of aromatic nitrogens is 2. The van der Waals surface area contributed by atoms with Crippen LogP contribution in [-0.2, 0) is 6.54 Å². The first-order valence-electron chi connectivity index (χ1n) is 5.76. The Balaban J connectivity index is 2.30. The molecule has 1 aromatic heterocycles. The molecule has 5 nitrogen and oxygen atoms in total. The maximum absolute atomic E-state index is 11.4. The minimum atomic E-state index is -0.471. The number of nitrogens with two attached hydrogens (primary N) is 1. The summed E-state index contributed by atoms with van der Waals surface area (Å²) in [6.45, 7) is 0.423. The average molecular weight is 311 g/mol. The summed E-state index contributed by atoms with van der Waals surface area (Å²) in [4.78, 5) is 21.0. The van der Waals surface area contributed by atoms with Crippen molar-refractivity contribution >= 4 is 34.9 Å². The van der Waals surface area contributed by atoms with Crippen molar-refractivity contribution in [3.05, 3.63) is 51.9 Å². The zero-order valence-corrected chi connectivity index (χ0v) is 12.2. The highest BCUT2D eigenvalue weighted by Gasteiger charge is 2.13. The number of nitrogens with zero attached hydrogens (tertiary/aromatic N) is 3. The van der Waals surface area contributed by atoms with Crippen molar-refractivity contribution in [2.75, 3.05) is 11.9 Å². The third kappa shape index (κ3) is 3.18. The fourth-order valence-corrected chi connectivity index (χ4v) is 2.20. The molecule has 1 heterocycles. The molecule has 0 aliphatic rings. The summed E-state index contributed by atoms with van der Waals surface area (Å²) in [6, 6.07) is 7.11. The molecule has 0 atom stereocenters. The summed E-state index contributed by atoms with van der Waals surface area (Å²) < 4.78 is 0. The molecule has 0 radical (unpaired) electrons. The molecule has 0 aliphatic heterocycles. The maximum atomic E-state index is 11.4. The van der Waals surface area contributed by atoms with E-state index in [0.29, 0.717) is 22.9 Å². The SMILES string of the molecule is CN(Cc1ccccc1C(N)=O)c1nc(Cl)ncc1Cl. The van der Waals surface area contributed by atoms with Crippen LogP contribution in [0.5, 0.6) is 0 Å². The fourth-order valence-electron chi connectivity index (χ4n) is 1.83. The zero-order chi connectivity index (χ0) is 14.7. The van der Waals surface area contributed by atoms with E-state index in [4.69, 9.17) is 28.9 Å². The molecule has 2 rings (SSSR count). The van der Waals surface area contributed by atoms with E-state index in [9.17, 15) is 4.79 Å². The number of primary amides is 1. The second-order valence-corrected chi connectivity index (χ2v) is 4.93. The van der Waals surface area contributed by atoms with Crippen LogP contribution in [0.1, 0.15) is 15.9 Å². The summed E-state index contributed by atoms with van der Waals surface area (Å²) in [6.07, 6.45) is 1.43. The Morgan fingerprint density at radius 2 is 2.05 bits per heavy atom.